The molecule has 4 aliphatic rings. The number of piperidine rings is 1. The summed E-state index contributed by atoms with van der Waals surface area (Å²) in [6.45, 7) is 3.32. The van der Waals surface area contributed by atoms with Gasteiger partial charge in [0.15, 0.2) is 11.5 Å². The Morgan fingerprint density at radius 1 is 1.38 bits per heavy atom. The van der Waals surface area contributed by atoms with Crippen LogP contribution in [0.1, 0.15) is 30.9 Å². The molecule has 0 amide bonds. The summed E-state index contributed by atoms with van der Waals surface area (Å²) in [5.74, 6) is 1.72. The van der Waals surface area contributed by atoms with Crippen LogP contribution in [-0.2, 0) is 11.8 Å². The maximum Gasteiger partial charge on any atom is 0.166 e. The third kappa shape index (κ3) is 1.21. The predicted octanol–water partition coefficient (Wildman–Crippen LogP) is 2.62. The average Bonchev–Trinajstić information content (AvgIpc) is 2.83. The van der Waals surface area contributed by atoms with E-state index in [0.717, 1.165) is 31.6 Å². The van der Waals surface area contributed by atoms with E-state index in [1.165, 1.54) is 16.7 Å². The molecular weight excluding hydrogens is 262 g/mol. The molecule has 4 atom stereocenters. The number of hydrogen-bond acceptors (Lipinski definition) is 3. The van der Waals surface area contributed by atoms with Crippen LogP contribution in [0.15, 0.2) is 23.8 Å². The first-order chi connectivity index (χ1) is 10.1. The molecule has 0 saturated carbocycles. The molecule has 0 radical (unpaired) electrons. The molecule has 2 aliphatic heterocycles. The van der Waals surface area contributed by atoms with Crippen LogP contribution < -0.4 is 4.74 Å². The highest BCUT2D eigenvalue weighted by atomic mass is 16.5. The van der Waals surface area contributed by atoms with Crippen molar-refractivity contribution < 1.29 is 9.84 Å². The lowest BCUT2D eigenvalue weighted by Gasteiger charge is -2.57. The molecule has 2 heterocycles. The van der Waals surface area contributed by atoms with E-state index in [-0.39, 0.29) is 11.5 Å². The minimum absolute atomic E-state index is 0.109. The Hall–Kier alpha value is -1.48. The van der Waals surface area contributed by atoms with Crippen LogP contribution >= 0.6 is 0 Å². The Balaban J connectivity index is 1.85. The number of rotatable bonds is 0. The SMILES string of the molecule is CC1=CCC2C3Cc4ccc(O)c5c4C2(CCN3C)C1O5. The highest BCUT2D eigenvalue weighted by molar-refractivity contribution is 5.62. The molecule has 1 aromatic rings. The lowest BCUT2D eigenvalue weighted by Crippen LogP contribution is -2.63. The van der Waals surface area contributed by atoms with Gasteiger partial charge in [-0.25, -0.2) is 0 Å². The summed E-state index contributed by atoms with van der Waals surface area (Å²) in [5.41, 5.74) is 4.19. The van der Waals surface area contributed by atoms with Gasteiger partial charge in [-0.15, -0.1) is 0 Å². The fourth-order valence-corrected chi connectivity index (χ4v) is 5.58. The number of phenolic OH excluding ortho intramolecular Hbond substituents is 1. The maximum atomic E-state index is 10.3. The first kappa shape index (κ1) is 12.1. The summed E-state index contributed by atoms with van der Waals surface area (Å²) in [7, 11) is 2.26. The van der Waals surface area contributed by atoms with Gasteiger partial charge in [0.2, 0.25) is 0 Å². The van der Waals surface area contributed by atoms with Crippen molar-refractivity contribution >= 4 is 0 Å². The van der Waals surface area contributed by atoms with Crippen LogP contribution in [0, 0.1) is 5.92 Å². The molecule has 1 saturated heterocycles. The molecule has 110 valence electrons. The third-order valence-corrected chi connectivity index (χ3v) is 6.50. The van der Waals surface area contributed by atoms with Crippen LogP contribution in [-0.4, -0.2) is 35.7 Å². The van der Waals surface area contributed by atoms with Crippen molar-refractivity contribution in [1.29, 1.82) is 0 Å². The van der Waals surface area contributed by atoms with Gasteiger partial charge in [0.05, 0.1) is 0 Å². The highest BCUT2D eigenvalue weighted by Crippen LogP contribution is 2.63. The van der Waals surface area contributed by atoms with Gasteiger partial charge in [0.1, 0.15) is 6.10 Å². The number of nitrogens with zero attached hydrogens (tertiary/aromatic N) is 1. The van der Waals surface area contributed by atoms with Gasteiger partial charge in [-0.2, -0.15) is 0 Å². The molecule has 1 N–H and O–H groups in total. The second kappa shape index (κ2) is 3.64. The number of likely N-dealkylation sites (tertiary alicyclic amines) is 1. The van der Waals surface area contributed by atoms with E-state index < -0.39 is 0 Å². The van der Waals surface area contributed by atoms with Gasteiger partial charge < -0.3 is 14.7 Å². The summed E-state index contributed by atoms with van der Waals surface area (Å²) in [6.07, 6.45) is 5.89. The zero-order valence-corrected chi connectivity index (χ0v) is 12.6. The topological polar surface area (TPSA) is 32.7 Å². The number of benzene rings is 1. The molecule has 1 aromatic carbocycles. The van der Waals surface area contributed by atoms with E-state index in [9.17, 15) is 5.11 Å². The molecule has 4 unspecified atom stereocenters. The Bertz CT molecular complexity index is 680. The van der Waals surface area contributed by atoms with Gasteiger partial charge in [0, 0.05) is 17.0 Å². The maximum absolute atomic E-state index is 10.3. The summed E-state index contributed by atoms with van der Waals surface area (Å²) >= 11 is 0. The monoisotopic (exact) mass is 283 g/mol. The fraction of sp³-hybridized carbons (Fsp3) is 0.556. The van der Waals surface area contributed by atoms with Crippen LogP contribution in [0.25, 0.3) is 0 Å². The number of phenols is 1. The summed E-state index contributed by atoms with van der Waals surface area (Å²) in [5, 5.41) is 10.3. The van der Waals surface area contributed by atoms with Gasteiger partial charge in [-0.3, -0.25) is 0 Å². The number of allylic oxidation sites excluding steroid dienone is 1. The summed E-state index contributed by atoms with van der Waals surface area (Å²) < 4.78 is 6.32. The van der Waals surface area contributed by atoms with Crippen LogP contribution in [0.5, 0.6) is 11.5 Å². The standard InChI is InChI=1S/C18H21NO2/c1-10-3-5-12-13-9-11-4-6-14(20)16-15(11)18(12,17(10)21-16)7-8-19(13)2/h3-4,6,12-13,17,20H,5,7-9H2,1-2H3. The Labute approximate surface area is 125 Å². The number of likely N-dealkylation sites (N-methyl/N-ethyl adjacent to an activating group) is 1. The molecule has 1 fully saturated rings. The Morgan fingerprint density at radius 2 is 2.24 bits per heavy atom. The van der Waals surface area contributed by atoms with Gasteiger partial charge in [0.25, 0.3) is 0 Å². The van der Waals surface area contributed by atoms with Gasteiger partial charge in [-0.1, -0.05) is 12.1 Å². The van der Waals surface area contributed by atoms with Crippen molar-refractivity contribution in [3.05, 3.63) is 34.9 Å². The number of aromatic hydroxyl groups is 1. The Morgan fingerprint density at radius 3 is 3.10 bits per heavy atom. The van der Waals surface area contributed by atoms with E-state index in [2.05, 4.69) is 31.0 Å². The van der Waals surface area contributed by atoms with E-state index in [1.807, 2.05) is 6.07 Å². The van der Waals surface area contributed by atoms with E-state index in [1.54, 1.807) is 0 Å². The molecule has 21 heavy (non-hydrogen) atoms. The quantitative estimate of drug-likeness (QED) is 0.743. The molecule has 2 aliphatic carbocycles. The highest BCUT2D eigenvalue weighted by Gasteiger charge is 2.63. The summed E-state index contributed by atoms with van der Waals surface area (Å²) in [6, 6.07) is 4.55. The molecule has 3 heteroatoms. The molecule has 1 spiro atoms. The molecule has 2 bridgehead atoms. The molecule has 0 aromatic heterocycles. The minimum Gasteiger partial charge on any atom is -0.504 e. The van der Waals surface area contributed by atoms with Crippen LogP contribution in [0.2, 0.25) is 0 Å². The zero-order chi connectivity index (χ0) is 14.4. The van der Waals surface area contributed by atoms with Crippen molar-refractivity contribution in [3.8, 4) is 11.5 Å². The van der Waals surface area contributed by atoms with Crippen molar-refractivity contribution in [2.75, 3.05) is 13.6 Å². The van der Waals surface area contributed by atoms with Gasteiger partial charge in [-0.05, 0) is 62.9 Å². The lowest BCUT2D eigenvalue weighted by molar-refractivity contribution is -0.00815. The van der Waals surface area contributed by atoms with Crippen molar-refractivity contribution in [2.24, 2.45) is 5.92 Å². The predicted molar refractivity (Wildman–Crippen MR) is 80.8 cm³/mol. The largest absolute Gasteiger partial charge is 0.504 e. The summed E-state index contributed by atoms with van der Waals surface area (Å²) in [4.78, 5) is 2.54. The molecular formula is C18H21NO2. The first-order valence-corrected chi connectivity index (χ1v) is 8.02. The van der Waals surface area contributed by atoms with Crippen molar-refractivity contribution in [2.45, 2.75) is 43.7 Å². The first-order valence-electron chi connectivity index (χ1n) is 8.02. The smallest absolute Gasteiger partial charge is 0.166 e. The number of hydrogen-bond donors (Lipinski definition) is 1. The minimum atomic E-state index is 0.109. The Kier molecular flexibility index (Phi) is 2.10. The normalized spacial score (nSPS) is 39.5. The van der Waals surface area contributed by atoms with E-state index in [0.29, 0.717) is 17.7 Å². The fourth-order valence-electron chi connectivity index (χ4n) is 5.58. The van der Waals surface area contributed by atoms with E-state index in [4.69, 9.17) is 4.74 Å². The third-order valence-electron chi connectivity index (χ3n) is 6.50. The second-order valence-electron chi connectivity index (χ2n) is 7.28. The zero-order valence-electron chi connectivity index (χ0n) is 12.6. The van der Waals surface area contributed by atoms with E-state index >= 15 is 0 Å². The molecule has 3 nitrogen and oxygen atoms in total. The average molecular weight is 283 g/mol. The second-order valence-corrected chi connectivity index (χ2v) is 7.28. The lowest BCUT2D eigenvalue weighted by atomic mass is 9.52. The number of ether oxygens (including phenoxy) is 1. The van der Waals surface area contributed by atoms with Crippen LogP contribution in [0.3, 0.4) is 0 Å². The van der Waals surface area contributed by atoms with Crippen molar-refractivity contribution in [1.82, 2.24) is 4.90 Å². The van der Waals surface area contributed by atoms with Gasteiger partial charge >= 0.3 is 0 Å². The van der Waals surface area contributed by atoms with Crippen LogP contribution in [0.4, 0.5) is 0 Å². The van der Waals surface area contributed by atoms with Crippen molar-refractivity contribution in [3.63, 3.8) is 0 Å². The molecule has 5 rings (SSSR count).